The summed E-state index contributed by atoms with van der Waals surface area (Å²) in [6.07, 6.45) is 3.94. The SMILES string of the molecule is CC(C)(C)OC(=O)NC(Cc1c[nH]c2ccccc12)c1nccc2ccccc12. The number of carbonyl (C=O) groups is 1. The maximum atomic E-state index is 12.6. The van der Waals surface area contributed by atoms with Gasteiger partial charge < -0.3 is 15.0 Å². The van der Waals surface area contributed by atoms with Crippen LogP contribution >= 0.6 is 0 Å². The Bertz CT molecular complexity index is 1150. The van der Waals surface area contributed by atoms with Gasteiger partial charge in [0.05, 0.1) is 11.7 Å². The molecule has 2 N–H and O–H groups in total. The lowest BCUT2D eigenvalue weighted by atomic mass is 9.98. The summed E-state index contributed by atoms with van der Waals surface area (Å²) in [4.78, 5) is 20.5. The van der Waals surface area contributed by atoms with Crippen LogP contribution in [0.15, 0.2) is 67.0 Å². The number of nitrogens with one attached hydrogen (secondary N) is 2. The first-order valence-electron chi connectivity index (χ1n) is 9.79. The van der Waals surface area contributed by atoms with Crippen molar-refractivity contribution >= 4 is 27.8 Å². The lowest BCUT2D eigenvalue weighted by molar-refractivity contribution is 0.0502. The molecule has 0 bridgehead atoms. The smallest absolute Gasteiger partial charge is 0.408 e. The molecule has 1 atom stereocenters. The Kier molecular flexibility index (Phi) is 4.97. The van der Waals surface area contributed by atoms with E-state index < -0.39 is 11.7 Å². The predicted molar refractivity (Wildman–Crippen MR) is 116 cm³/mol. The van der Waals surface area contributed by atoms with E-state index in [-0.39, 0.29) is 6.04 Å². The van der Waals surface area contributed by atoms with E-state index in [0.717, 1.165) is 32.9 Å². The van der Waals surface area contributed by atoms with Gasteiger partial charge in [0.2, 0.25) is 0 Å². The van der Waals surface area contributed by atoms with Crippen LogP contribution in [-0.4, -0.2) is 21.7 Å². The average Bonchev–Trinajstić information content (AvgIpc) is 3.09. The zero-order valence-electron chi connectivity index (χ0n) is 16.9. The number of pyridine rings is 1. The predicted octanol–water partition coefficient (Wildman–Crippen LogP) is 5.52. The monoisotopic (exact) mass is 387 g/mol. The fourth-order valence-electron chi connectivity index (χ4n) is 3.61. The molecule has 4 rings (SSSR count). The Balaban J connectivity index is 1.73. The number of rotatable bonds is 4. The summed E-state index contributed by atoms with van der Waals surface area (Å²) in [6.45, 7) is 5.58. The van der Waals surface area contributed by atoms with Gasteiger partial charge in [0.25, 0.3) is 0 Å². The van der Waals surface area contributed by atoms with Crippen molar-refractivity contribution in [2.75, 3.05) is 0 Å². The van der Waals surface area contributed by atoms with E-state index in [1.54, 1.807) is 6.20 Å². The molecule has 5 nitrogen and oxygen atoms in total. The number of carbonyl (C=O) groups excluding carboxylic acids is 1. The van der Waals surface area contributed by atoms with Gasteiger partial charge >= 0.3 is 6.09 Å². The average molecular weight is 387 g/mol. The van der Waals surface area contributed by atoms with Crippen molar-refractivity contribution in [2.24, 2.45) is 0 Å². The molecule has 1 unspecified atom stereocenters. The summed E-state index contributed by atoms with van der Waals surface area (Å²) in [7, 11) is 0. The quantitative estimate of drug-likeness (QED) is 0.484. The highest BCUT2D eigenvalue weighted by Gasteiger charge is 2.24. The molecule has 0 radical (unpaired) electrons. The van der Waals surface area contributed by atoms with Crippen molar-refractivity contribution in [1.29, 1.82) is 0 Å². The Morgan fingerprint density at radius 3 is 2.59 bits per heavy atom. The highest BCUT2D eigenvalue weighted by molar-refractivity contribution is 5.86. The second-order valence-electron chi connectivity index (χ2n) is 8.18. The van der Waals surface area contributed by atoms with Crippen molar-refractivity contribution < 1.29 is 9.53 Å². The number of hydrogen-bond acceptors (Lipinski definition) is 3. The fraction of sp³-hybridized carbons (Fsp3) is 0.250. The number of amides is 1. The molecule has 0 saturated heterocycles. The van der Waals surface area contributed by atoms with E-state index in [4.69, 9.17) is 4.74 Å². The zero-order valence-corrected chi connectivity index (χ0v) is 16.9. The van der Waals surface area contributed by atoms with E-state index in [1.807, 2.05) is 69.4 Å². The third-order valence-corrected chi connectivity index (χ3v) is 4.82. The highest BCUT2D eigenvalue weighted by atomic mass is 16.6. The number of para-hydroxylation sites is 1. The molecule has 0 spiro atoms. The Morgan fingerprint density at radius 1 is 1.07 bits per heavy atom. The molecule has 2 aromatic heterocycles. The number of aromatic amines is 1. The van der Waals surface area contributed by atoms with Gasteiger partial charge in [-0.25, -0.2) is 4.79 Å². The molecule has 0 aliphatic heterocycles. The highest BCUT2D eigenvalue weighted by Crippen LogP contribution is 2.28. The topological polar surface area (TPSA) is 67.0 Å². The normalized spacial score (nSPS) is 12.8. The van der Waals surface area contributed by atoms with Crippen LogP contribution in [0.1, 0.15) is 38.1 Å². The third kappa shape index (κ3) is 4.24. The van der Waals surface area contributed by atoms with E-state index in [2.05, 4.69) is 27.4 Å². The summed E-state index contributed by atoms with van der Waals surface area (Å²) in [5.74, 6) is 0. The molecule has 0 aliphatic carbocycles. The van der Waals surface area contributed by atoms with Gasteiger partial charge in [-0.2, -0.15) is 0 Å². The minimum absolute atomic E-state index is 0.324. The van der Waals surface area contributed by atoms with Crippen LogP contribution in [0.2, 0.25) is 0 Å². The van der Waals surface area contributed by atoms with Crippen molar-refractivity contribution in [3.8, 4) is 0 Å². The first-order valence-corrected chi connectivity index (χ1v) is 9.79. The Labute approximate surface area is 170 Å². The van der Waals surface area contributed by atoms with E-state index in [1.165, 1.54) is 0 Å². The summed E-state index contributed by atoms with van der Waals surface area (Å²) >= 11 is 0. The first kappa shape index (κ1) is 19.0. The van der Waals surface area contributed by atoms with Crippen molar-refractivity contribution in [1.82, 2.24) is 15.3 Å². The number of benzene rings is 2. The van der Waals surface area contributed by atoms with Crippen LogP contribution in [0.3, 0.4) is 0 Å². The van der Waals surface area contributed by atoms with Crippen molar-refractivity contribution in [3.05, 3.63) is 78.2 Å². The van der Waals surface area contributed by atoms with Gasteiger partial charge in [-0.3, -0.25) is 4.98 Å². The number of fused-ring (bicyclic) bond motifs is 2. The van der Waals surface area contributed by atoms with Gasteiger partial charge in [0, 0.05) is 35.1 Å². The summed E-state index contributed by atoms with van der Waals surface area (Å²) in [5.41, 5.74) is 2.46. The number of alkyl carbamates (subject to hydrolysis) is 1. The maximum Gasteiger partial charge on any atom is 0.408 e. The molecule has 5 heteroatoms. The van der Waals surface area contributed by atoms with Crippen LogP contribution < -0.4 is 5.32 Å². The molecule has 2 aromatic carbocycles. The summed E-state index contributed by atoms with van der Waals surface area (Å²) in [6, 6.07) is 17.9. The lowest BCUT2D eigenvalue weighted by Crippen LogP contribution is -2.36. The Morgan fingerprint density at radius 2 is 1.79 bits per heavy atom. The molecule has 0 aliphatic rings. The van der Waals surface area contributed by atoms with E-state index in [9.17, 15) is 4.79 Å². The second kappa shape index (κ2) is 7.59. The molecular formula is C24H25N3O2. The van der Waals surface area contributed by atoms with Crippen LogP contribution in [0.5, 0.6) is 0 Å². The number of aromatic nitrogens is 2. The minimum Gasteiger partial charge on any atom is -0.444 e. The Hall–Kier alpha value is -3.34. The largest absolute Gasteiger partial charge is 0.444 e. The van der Waals surface area contributed by atoms with Crippen molar-refractivity contribution in [2.45, 2.75) is 38.8 Å². The van der Waals surface area contributed by atoms with Gasteiger partial charge in [-0.15, -0.1) is 0 Å². The van der Waals surface area contributed by atoms with Crippen molar-refractivity contribution in [3.63, 3.8) is 0 Å². The number of ether oxygens (including phenoxy) is 1. The van der Waals surface area contributed by atoms with Gasteiger partial charge in [0.1, 0.15) is 5.60 Å². The summed E-state index contributed by atoms with van der Waals surface area (Å²) in [5, 5.41) is 6.30. The molecule has 0 saturated carbocycles. The number of H-pyrrole nitrogens is 1. The third-order valence-electron chi connectivity index (χ3n) is 4.82. The molecular weight excluding hydrogens is 362 g/mol. The van der Waals surface area contributed by atoms with Gasteiger partial charge in [0.15, 0.2) is 0 Å². The molecule has 2 heterocycles. The minimum atomic E-state index is -0.568. The molecule has 0 fully saturated rings. The van der Waals surface area contributed by atoms with Crippen LogP contribution in [0.4, 0.5) is 4.79 Å². The van der Waals surface area contributed by atoms with E-state index in [0.29, 0.717) is 6.42 Å². The number of hydrogen-bond donors (Lipinski definition) is 2. The summed E-state index contributed by atoms with van der Waals surface area (Å²) < 4.78 is 5.52. The fourth-order valence-corrected chi connectivity index (χ4v) is 3.61. The van der Waals surface area contributed by atoms with Crippen LogP contribution in [0.25, 0.3) is 21.7 Å². The lowest BCUT2D eigenvalue weighted by Gasteiger charge is -2.24. The zero-order chi connectivity index (χ0) is 20.4. The van der Waals surface area contributed by atoms with Gasteiger partial charge in [-0.05, 0) is 43.9 Å². The van der Waals surface area contributed by atoms with Crippen LogP contribution in [0, 0.1) is 0 Å². The molecule has 1 amide bonds. The molecule has 29 heavy (non-hydrogen) atoms. The van der Waals surface area contributed by atoms with Gasteiger partial charge in [-0.1, -0.05) is 42.5 Å². The molecule has 4 aromatic rings. The van der Waals surface area contributed by atoms with E-state index >= 15 is 0 Å². The van der Waals surface area contributed by atoms with Crippen LogP contribution in [-0.2, 0) is 11.2 Å². The first-order chi connectivity index (χ1) is 13.9. The second-order valence-corrected chi connectivity index (χ2v) is 8.18. The standard InChI is InChI=1S/C24H25N3O2/c1-24(2,3)29-23(28)27-21(14-17-15-26-20-11-7-6-9-18(17)20)22-19-10-5-4-8-16(19)12-13-25-22/h4-13,15,21,26H,14H2,1-3H3,(H,27,28). The number of nitrogens with zero attached hydrogens (tertiary/aromatic N) is 1. The molecule has 148 valence electrons. The maximum absolute atomic E-state index is 12.6.